The molecule has 0 radical (unpaired) electrons. The lowest BCUT2D eigenvalue weighted by atomic mass is 9.49. The van der Waals surface area contributed by atoms with Crippen molar-refractivity contribution in [1.29, 1.82) is 0 Å². The highest BCUT2D eigenvalue weighted by Crippen LogP contribution is 2.61. The van der Waals surface area contributed by atoms with Gasteiger partial charge in [0.25, 0.3) is 0 Å². The maximum absolute atomic E-state index is 4.47. The standard InChI is InChI=1S/C11H14N2/c1-11(2)7-5-8(11)10-9(6-7)12-3-4-13-10/h3-4,7-8H,5-6H2,1-2H3. The molecule has 0 aliphatic heterocycles. The molecule has 1 saturated carbocycles. The average molecular weight is 174 g/mol. The Hall–Kier alpha value is -0.920. The van der Waals surface area contributed by atoms with Crippen molar-refractivity contribution in [3.05, 3.63) is 23.8 Å². The first-order valence-corrected chi connectivity index (χ1v) is 4.99. The van der Waals surface area contributed by atoms with E-state index in [1.165, 1.54) is 17.8 Å². The third-order valence-corrected chi connectivity index (χ3v) is 4.05. The lowest BCUT2D eigenvalue weighted by Gasteiger charge is -2.55. The maximum Gasteiger partial charge on any atom is 0.0655 e. The highest BCUT2D eigenvalue weighted by molar-refractivity contribution is 5.29. The van der Waals surface area contributed by atoms with Gasteiger partial charge in [-0.05, 0) is 24.2 Å². The molecule has 3 aliphatic rings. The normalized spacial score (nSPS) is 33.4. The summed E-state index contributed by atoms with van der Waals surface area (Å²) in [5.74, 6) is 1.52. The predicted molar refractivity (Wildman–Crippen MR) is 50.4 cm³/mol. The third-order valence-electron chi connectivity index (χ3n) is 4.05. The Balaban J connectivity index is 2.13. The Morgan fingerprint density at radius 2 is 2.08 bits per heavy atom. The van der Waals surface area contributed by atoms with Crippen molar-refractivity contribution >= 4 is 0 Å². The van der Waals surface area contributed by atoms with Crippen molar-refractivity contribution < 1.29 is 0 Å². The molecular weight excluding hydrogens is 160 g/mol. The van der Waals surface area contributed by atoms with Gasteiger partial charge in [0.05, 0.1) is 11.4 Å². The van der Waals surface area contributed by atoms with Crippen molar-refractivity contribution in [1.82, 2.24) is 9.97 Å². The summed E-state index contributed by atoms with van der Waals surface area (Å²) >= 11 is 0. The molecule has 0 N–H and O–H groups in total. The largest absolute Gasteiger partial charge is 0.258 e. The summed E-state index contributed by atoms with van der Waals surface area (Å²) in [6.45, 7) is 4.73. The summed E-state index contributed by atoms with van der Waals surface area (Å²) in [5, 5.41) is 0. The number of hydrogen-bond donors (Lipinski definition) is 0. The van der Waals surface area contributed by atoms with Crippen LogP contribution in [-0.4, -0.2) is 9.97 Å². The molecule has 2 bridgehead atoms. The molecule has 4 rings (SSSR count). The Labute approximate surface area is 78.4 Å². The molecule has 1 aromatic heterocycles. The fourth-order valence-electron chi connectivity index (χ4n) is 2.89. The van der Waals surface area contributed by atoms with E-state index in [1.54, 1.807) is 0 Å². The summed E-state index contributed by atoms with van der Waals surface area (Å²) < 4.78 is 0. The van der Waals surface area contributed by atoms with Gasteiger partial charge in [0.2, 0.25) is 0 Å². The van der Waals surface area contributed by atoms with Crippen LogP contribution in [-0.2, 0) is 6.42 Å². The first-order valence-electron chi connectivity index (χ1n) is 4.99. The van der Waals surface area contributed by atoms with Crippen molar-refractivity contribution in [2.45, 2.75) is 32.6 Å². The molecule has 0 amide bonds. The van der Waals surface area contributed by atoms with Gasteiger partial charge >= 0.3 is 0 Å². The van der Waals surface area contributed by atoms with E-state index in [0.717, 1.165) is 12.3 Å². The van der Waals surface area contributed by atoms with Crippen LogP contribution in [0.15, 0.2) is 12.4 Å². The smallest absolute Gasteiger partial charge is 0.0655 e. The first-order chi connectivity index (χ1) is 6.19. The number of nitrogens with zero attached hydrogens (tertiary/aromatic N) is 2. The third kappa shape index (κ3) is 0.787. The van der Waals surface area contributed by atoms with E-state index in [0.29, 0.717) is 11.3 Å². The van der Waals surface area contributed by atoms with Crippen LogP contribution in [0.25, 0.3) is 0 Å². The molecule has 1 fully saturated rings. The Bertz CT molecular complexity index is 357. The zero-order valence-electron chi connectivity index (χ0n) is 8.12. The molecule has 2 unspecified atom stereocenters. The summed E-state index contributed by atoms with van der Waals surface area (Å²) in [6, 6.07) is 0. The van der Waals surface area contributed by atoms with Crippen molar-refractivity contribution in [3.8, 4) is 0 Å². The topological polar surface area (TPSA) is 25.8 Å². The van der Waals surface area contributed by atoms with Crippen molar-refractivity contribution in [2.24, 2.45) is 11.3 Å². The zero-order chi connectivity index (χ0) is 9.05. The SMILES string of the molecule is CC1(C)C2Cc3nccnc3C1C2. The van der Waals surface area contributed by atoms with E-state index in [2.05, 4.69) is 23.8 Å². The fourth-order valence-corrected chi connectivity index (χ4v) is 2.89. The minimum atomic E-state index is 0.475. The van der Waals surface area contributed by atoms with Crippen LogP contribution >= 0.6 is 0 Å². The van der Waals surface area contributed by atoms with Gasteiger partial charge in [-0.15, -0.1) is 0 Å². The Morgan fingerprint density at radius 3 is 2.85 bits per heavy atom. The number of aromatic nitrogens is 2. The second-order valence-electron chi connectivity index (χ2n) is 4.90. The van der Waals surface area contributed by atoms with Gasteiger partial charge in [0.15, 0.2) is 0 Å². The van der Waals surface area contributed by atoms with Gasteiger partial charge in [-0.25, -0.2) is 0 Å². The predicted octanol–water partition coefficient (Wildman–Crippen LogP) is 2.16. The quantitative estimate of drug-likeness (QED) is 0.602. The molecule has 1 heterocycles. The van der Waals surface area contributed by atoms with E-state index in [9.17, 15) is 0 Å². The van der Waals surface area contributed by atoms with Crippen LogP contribution in [0.3, 0.4) is 0 Å². The average Bonchev–Trinajstić information content (AvgIpc) is 2.16. The molecule has 3 aliphatic carbocycles. The van der Waals surface area contributed by atoms with Crippen LogP contribution in [0.1, 0.15) is 37.6 Å². The van der Waals surface area contributed by atoms with E-state index in [4.69, 9.17) is 0 Å². The van der Waals surface area contributed by atoms with Crippen molar-refractivity contribution in [2.75, 3.05) is 0 Å². The van der Waals surface area contributed by atoms with Gasteiger partial charge in [0, 0.05) is 18.3 Å². The number of rotatable bonds is 0. The Morgan fingerprint density at radius 1 is 1.31 bits per heavy atom. The monoisotopic (exact) mass is 174 g/mol. The molecule has 2 nitrogen and oxygen atoms in total. The lowest BCUT2D eigenvalue weighted by molar-refractivity contribution is 0.0138. The van der Waals surface area contributed by atoms with E-state index in [1.807, 2.05) is 12.4 Å². The fraction of sp³-hybridized carbons (Fsp3) is 0.636. The van der Waals surface area contributed by atoms with Gasteiger partial charge in [-0.1, -0.05) is 13.8 Å². The van der Waals surface area contributed by atoms with Gasteiger partial charge in [-0.3, -0.25) is 9.97 Å². The molecule has 2 atom stereocenters. The van der Waals surface area contributed by atoms with E-state index >= 15 is 0 Å². The molecule has 0 aromatic carbocycles. The highest BCUT2D eigenvalue weighted by atomic mass is 14.8. The second-order valence-corrected chi connectivity index (χ2v) is 4.90. The molecule has 13 heavy (non-hydrogen) atoms. The number of hydrogen-bond acceptors (Lipinski definition) is 2. The second kappa shape index (κ2) is 2.11. The van der Waals surface area contributed by atoms with E-state index in [-0.39, 0.29) is 0 Å². The molecule has 68 valence electrons. The summed E-state index contributed by atoms with van der Waals surface area (Å²) in [5.41, 5.74) is 3.00. The van der Waals surface area contributed by atoms with Crippen LogP contribution in [0.4, 0.5) is 0 Å². The molecular formula is C11H14N2. The summed E-state index contributed by atoms with van der Waals surface area (Å²) in [7, 11) is 0. The van der Waals surface area contributed by atoms with Crippen molar-refractivity contribution in [3.63, 3.8) is 0 Å². The maximum atomic E-state index is 4.47. The van der Waals surface area contributed by atoms with E-state index < -0.39 is 0 Å². The zero-order valence-corrected chi connectivity index (χ0v) is 8.12. The molecule has 1 aromatic rings. The van der Waals surface area contributed by atoms with Crippen LogP contribution in [0.5, 0.6) is 0 Å². The van der Waals surface area contributed by atoms with Crippen LogP contribution in [0, 0.1) is 11.3 Å². The highest BCUT2D eigenvalue weighted by Gasteiger charge is 2.53. The van der Waals surface area contributed by atoms with Crippen LogP contribution in [0.2, 0.25) is 0 Å². The minimum Gasteiger partial charge on any atom is -0.258 e. The Kier molecular flexibility index (Phi) is 1.22. The summed E-state index contributed by atoms with van der Waals surface area (Å²) in [4.78, 5) is 8.87. The van der Waals surface area contributed by atoms with Crippen LogP contribution < -0.4 is 0 Å². The first kappa shape index (κ1) is 7.48. The summed E-state index contributed by atoms with van der Waals surface area (Å²) in [6.07, 6.45) is 6.12. The van der Waals surface area contributed by atoms with Gasteiger partial charge in [-0.2, -0.15) is 0 Å². The molecule has 0 spiro atoms. The minimum absolute atomic E-state index is 0.475. The molecule has 2 heteroatoms. The lowest BCUT2D eigenvalue weighted by Crippen LogP contribution is -2.48. The van der Waals surface area contributed by atoms with Gasteiger partial charge < -0.3 is 0 Å². The van der Waals surface area contributed by atoms with Gasteiger partial charge in [0.1, 0.15) is 0 Å². The molecule has 0 saturated heterocycles.